The van der Waals surface area contributed by atoms with E-state index in [2.05, 4.69) is 33.2 Å². The van der Waals surface area contributed by atoms with Crippen molar-refractivity contribution < 1.29 is 13.2 Å². The van der Waals surface area contributed by atoms with E-state index in [4.69, 9.17) is 0 Å². The van der Waals surface area contributed by atoms with Crippen LogP contribution in [0, 0.1) is 13.8 Å². The summed E-state index contributed by atoms with van der Waals surface area (Å²) in [4.78, 5) is 24.3. The number of sulfone groups is 1. The molecule has 0 saturated carbocycles. The Hall–Kier alpha value is -3.23. The molecular formula is C29H34N4O3S. The van der Waals surface area contributed by atoms with Crippen LogP contribution < -0.4 is 5.32 Å². The second-order valence-electron chi connectivity index (χ2n) is 9.99. The topological polar surface area (TPSA) is 95.2 Å². The minimum atomic E-state index is -3.38. The van der Waals surface area contributed by atoms with Gasteiger partial charge in [-0.15, -0.1) is 0 Å². The lowest BCUT2D eigenvalue weighted by Gasteiger charge is -2.31. The number of carbonyl (C=O) groups is 1. The van der Waals surface area contributed by atoms with Crippen molar-refractivity contribution in [1.82, 2.24) is 20.2 Å². The fraction of sp³-hybridized carbons (Fsp3) is 0.379. The number of nitrogens with one attached hydrogen (secondary N) is 2. The van der Waals surface area contributed by atoms with Crippen molar-refractivity contribution in [1.29, 1.82) is 0 Å². The van der Waals surface area contributed by atoms with Crippen molar-refractivity contribution in [3.05, 3.63) is 59.3 Å². The van der Waals surface area contributed by atoms with E-state index in [1.165, 1.54) is 0 Å². The van der Waals surface area contributed by atoms with E-state index in [1.54, 1.807) is 25.1 Å². The van der Waals surface area contributed by atoms with Gasteiger partial charge in [-0.25, -0.2) is 13.4 Å². The van der Waals surface area contributed by atoms with E-state index in [1.807, 2.05) is 32.2 Å². The highest BCUT2D eigenvalue weighted by Crippen LogP contribution is 2.38. The maximum absolute atomic E-state index is 13.6. The van der Waals surface area contributed by atoms with Crippen LogP contribution in [-0.2, 0) is 9.84 Å². The second kappa shape index (κ2) is 9.91. The van der Waals surface area contributed by atoms with E-state index in [9.17, 15) is 13.2 Å². The van der Waals surface area contributed by atoms with Crippen LogP contribution in [0.4, 0.5) is 0 Å². The van der Waals surface area contributed by atoms with Crippen LogP contribution in [0.1, 0.15) is 48.2 Å². The molecule has 2 aromatic carbocycles. The van der Waals surface area contributed by atoms with Gasteiger partial charge in [0.1, 0.15) is 5.65 Å². The average Bonchev–Trinajstić information content (AvgIpc) is 3.28. The van der Waals surface area contributed by atoms with Crippen molar-refractivity contribution in [3.63, 3.8) is 0 Å². The maximum atomic E-state index is 13.6. The van der Waals surface area contributed by atoms with Crippen molar-refractivity contribution in [2.45, 2.75) is 51.5 Å². The second-order valence-corrected chi connectivity index (χ2v) is 12.3. The summed E-state index contributed by atoms with van der Waals surface area (Å²) in [5.41, 5.74) is 5.64. The Bertz CT molecular complexity index is 1600. The molecule has 194 valence electrons. The van der Waals surface area contributed by atoms with Crippen molar-refractivity contribution in [3.8, 4) is 11.1 Å². The van der Waals surface area contributed by atoms with Gasteiger partial charge in [-0.2, -0.15) is 0 Å². The summed E-state index contributed by atoms with van der Waals surface area (Å²) in [5, 5.41) is 5.16. The maximum Gasteiger partial charge on any atom is 0.251 e. The van der Waals surface area contributed by atoms with Crippen molar-refractivity contribution in [2.75, 3.05) is 25.4 Å². The zero-order valence-corrected chi connectivity index (χ0v) is 22.7. The quantitative estimate of drug-likeness (QED) is 0.374. The lowest BCUT2D eigenvalue weighted by atomic mass is 9.93. The number of aromatic nitrogens is 2. The van der Waals surface area contributed by atoms with Crippen molar-refractivity contribution in [2.24, 2.45) is 0 Å². The van der Waals surface area contributed by atoms with E-state index in [0.29, 0.717) is 5.56 Å². The molecule has 5 rings (SSSR count). The zero-order chi connectivity index (χ0) is 26.3. The number of rotatable bonds is 6. The molecule has 1 fully saturated rings. The van der Waals surface area contributed by atoms with E-state index < -0.39 is 9.84 Å². The van der Waals surface area contributed by atoms with Gasteiger partial charge in [0.05, 0.1) is 16.2 Å². The Kier molecular flexibility index (Phi) is 6.81. The lowest BCUT2D eigenvalue weighted by molar-refractivity contribution is 0.0912. The van der Waals surface area contributed by atoms with Crippen LogP contribution >= 0.6 is 0 Å². The number of aryl methyl sites for hydroxylation is 2. The van der Waals surface area contributed by atoms with E-state index in [0.717, 1.165) is 76.7 Å². The Balaban J connectivity index is 1.67. The Morgan fingerprint density at radius 2 is 1.89 bits per heavy atom. The summed E-state index contributed by atoms with van der Waals surface area (Å²) < 4.78 is 25.3. The summed E-state index contributed by atoms with van der Waals surface area (Å²) >= 11 is 0. The first kappa shape index (κ1) is 25.4. The number of fused-ring (bicyclic) bond motifs is 3. The normalized spacial score (nSPS) is 15.5. The molecule has 0 spiro atoms. The average molecular weight is 519 g/mol. The minimum absolute atomic E-state index is 0.0282. The van der Waals surface area contributed by atoms with Crippen LogP contribution in [0.3, 0.4) is 0 Å². The molecule has 1 aliphatic heterocycles. The standard InChI is InChI=1S/C29H34N4O3S/c1-5-33-12-10-21(11-13-33)31-29(34)23-16-24(20-8-7-9-22(15-20)37(35,36)6-2)26-25-14-18(3)17-30-28(25)32-27(26)19(23)4/h7-9,14-17,21H,5-6,10-13H2,1-4H3,(H,30,32)(H,31,34). The van der Waals surface area contributed by atoms with Gasteiger partial charge in [0.15, 0.2) is 9.84 Å². The highest BCUT2D eigenvalue weighted by atomic mass is 32.2. The molecule has 7 nitrogen and oxygen atoms in total. The Morgan fingerprint density at radius 3 is 2.59 bits per heavy atom. The molecule has 2 N–H and O–H groups in total. The number of pyridine rings is 1. The van der Waals surface area contributed by atoms with Gasteiger partial charge < -0.3 is 15.2 Å². The number of carbonyl (C=O) groups excluding carboxylic acids is 1. The predicted octanol–water partition coefficient (Wildman–Crippen LogP) is 5.01. The molecule has 0 aliphatic carbocycles. The van der Waals surface area contributed by atoms with Crippen LogP contribution in [0.5, 0.6) is 0 Å². The molecule has 4 aromatic rings. The number of H-pyrrole nitrogens is 1. The number of benzene rings is 2. The first-order valence-electron chi connectivity index (χ1n) is 13.0. The van der Waals surface area contributed by atoms with E-state index in [-0.39, 0.29) is 22.6 Å². The molecule has 1 amide bonds. The Labute approximate surface area is 218 Å². The van der Waals surface area contributed by atoms with Gasteiger partial charge in [-0.1, -0.05) is 26.0 Å². The van der Waals surface area contributed by atoms with Gasteiger partial charge in [-0.05, 0) is 79.8 Å². The van der Waals surface area contributed by atoms with Crippen LogP contribution in [0.25, 0.3) is 33.1 Å². The molecule has 0 atom stereocenters. The summed E-state index contributed by atoms with van der Waals surface area (Å²) in [5.74, 6) is -0.0729. The summed E-state index contributed by atoms with van der Waals surface area (Å²) in [6.45, 7) is 10.8. The van der Waals surface area contributed by atoms with Gasteiger partial charge in [0, 0.05) is 41.7 Å². The molecular weight excluding hydrogens is 484 g/mol. The van der Waals surface area contributed by atoms with Crippen LogP contribution in [-0.4, -0.2) is 60.6 Å². The summed E-state index contributed by atoms with van der Waals surface area (Å²) in [7, 11) is -3.38. The number of piperidine rings is 1. The number of hydrogen-bond acceptors (Lipinski definition) is 5. The first-order valence-corrected chi connectivity index (χ1v) is 14.6. The number of aromatic amines is 1. The third-order valence-corrected chi connectivity index (χ3v) is 9.36. The monoisotopic (exact) mass is 518 g/mol. The molecule has 2 aromatic heterocycles. The predicted molar refractivity (Wildman–Crippen MR) is 149 cm³/mol. The molecule has 0 radical (unpaired) electrons. The lowest BCUT2D eigenvalue weighted by Crippen LogP contribution is -2.44. The molecule has 1 saturated heterocycles. The molecule has 3 heterocycles. The zero-order valence-electron chi connectivity index (χ0n) is 21.9. The number of likely N-dealkylation sites (tertiary alicyclic amines) is 1. The van der Waals surface area contributed by atoms with Gasteiger partial charge in [-0.3, -0.25) is 4.79 Å². The van der Waals surface area contributed by atoms with Gasteiger partial charge in [0.25, 0.3) is 5.91 Å². The number of amides is 1. The third-order valence-electron chi connectivity index (χ3n) is 7.62. The molecule has 1 aliphatic rings. The Morgan fingerprint density at radius 1 is 1.14 bits per heavy atom. The fourth-order valence-corrected chi connectivity index (χ4v) is 6.27. The van der Waals surface area contributed by atoms with Crippen LogP contribution in [0.15, 0.2) is 47.5 Å². The number of hydrogen-bond donors (Lipinski definition) is 2. The highest BCUT2D eigenvalue weighted by molar-refractivity contribution is 7.91. The van der Waals surface area contributed by atoms with Crippen molar-refractivity contribution >= 4 is 37.7 Å². The molecule has 0 bridgehead atoms. The van der Waals surface area contributed by atoms with Gasteiger partial charge in [0.2, 0.25) is 0 Å². The largest absolute Gasteiger partial charge is 0.349 e. The molecule has 0 unspecified atom stereocenters. The van der Waals surface area contributed by atoms with Crippen LogP contribution in [0.2, 0.25) is 0 Å². The highest BCUT2D eigenvalue weighted by Gasteiger charge is 2.24. The molecule has 37 heavy (non-hydrogen) atoms. The number of nitrogens with zero attached hydrogens (tertiary/aromatic N) is 2. The fourth-order valence-electron chi connectivity index (χ4n) is 5.34. The third kappa shape index (κ3) is 4.76. The first-order chi connectivity index (χ1) is 17.7. The SMILES string of the molecule is CCN1CCC(NC(=O)c2cc(-c3cccc(S(=O)(=O)CC)c3)c3c([nH]c4ncc(C)cc43)c2C)CC1. The van der Waals surface area contributed by atoms with Gasteiger partial charge >= 0.3 is 0 Å². The summed E-state index contributed by atoms with van der Waals surface area (Å²) in [6, 6.07) is 11.2. The smallest absolute Gasteiger partial charge is 0.251 e. The molecule has 8 heteroatoms. The minimum Gasteiger partial charge on any atom is -0.349 e. The van der Waals surface area contributed by atoms with E-state index >= 15 is 0 Å². The summed E-state index contributed by atoms with van der Waals surface area (Å²) in [6.07, 6.45) is 3.68.